The summed E-state index contributed by atoms with van der Waals surface area (Å²) in [5, 5.41) is 14.4. The Kier molecular flexibility index (Phi) is 6.40. The maximum absolute atomic E-state index is 12.6. The molecule has 2 N–H and O–H groups in total. The highest BCUT2D eigenvalue weighted by Gasteiger charge is 2.46. The Hall–Kier alpha value is -1.39. The Labute approximate surface area is 132 Å². The summed E-state index contributed by atoms with van der Waals surface area (Å²) in [5.74, 6) is -0.571. The highest BCUT2D eigenvalue weighted by molar-refractivity contribution is 5.81. The number of rotatable bonds is 7. The van der Waals surface area contributed by atoms with Gasteiger partial charge in [-0.25, -0.2) is 4.79 Å². The molecule has 1 aromatic carbocycles. The smallest absolute Gasteiger partial charge is 0.343 e. The van der Waals surface area contributed by atoms with Crippen LogP contribution in [0.2, 0.25) is 0 Å². The van der Waals surface area contributed by atoms with Gasteiger partial charge in [-0.2, -0.15) is 0 Å². The molecule has 0 aromatic heterocycles. The zero-order valence-corrected chi connectivity index (χ0v) is 13.4. The summed E-state index contributed by atoms with van der Waals surface area (Å²) in [4.78, 5) is 12.6. The minimum atomic E-state index is -1.52. The predicted molar refractivity (Wildman–Crippen MR) is 86.4 cm³/mol. The monoisotopic (exact) mass is 305 g/mol. The molecule has 0 saturated heterocycles. The molecule has 4 nitrogen and oxygen atoms in total. The van der Waals surface area contributed by atoms with E-state index in [1.165, 1.54) is 6.42 Å². The molecule has 0 bridgehead atoms. The molecule has 0 radical (unpaired) electrons. The van der Waals surface area contributed by atoms with Crippen LogP contribution in [0, 0.1) is 5.92 Å². The van der Waals surface area contributed by atoms with Gasteiger partial charge >= 0.3 is 5.97 Å². The second-order valence-electron chi connectivity index (χ2n) is 5.96. The number of benzene rings is 1. The van der Waals surface area contributed by atoms with Gasteiger partial charge in [0.05, 0.1) is 0 Å². The Morgan fingerprint density at radius 3 is 2.59 bits per heavy atom. The molecule has 0 amide bonds. The molecule has 4 heteroatoms. The molecule has 1 aliphatic rings. The molecule has 22 heavy (non-hydrogen) atoms. The number of hydrogen-bond acceptors (Lipinski definition) is 4. The average Bonchev–Trinajstić information content (AvgIpc) is 2.59. The van der Waals surface area contributed by atoms with Gasteiger partial charge in [0.15, 0.2) is 5.60 Å². The van der Waals surface area contributed by atoms with Crippen LogP contribution in [0.4, 0.5) is 0 Å². The normalized spacial score (nSPS) is 18.6. The fourth-order valence-corrected chi connectivity index (χ4v) is 3.24. The molecule has 1 aromatic rings. The second-order valence-corrected chi connectivity index (χ2v) is 5.96. The third-order valence-electron chi connectivity index (χ3n) is 4.48. The predicted octanol–water partition coefficient (Wildman–Crippen LogP) is 2.61. The van der Waals surface area contributed by atoms with E-state index in [4.69, 9.17) is 4.74 Å². The molecule has 0 heterocycles. The van der Waals surface area contributed by atoms with Crippen molar-refractivity contribution in [3.63, 3.8) is 0 Å². The Morgan fingerprint density at radius 1 is 1.27 bits per heavy atom. The fraction of sp³-hybridized carbons (Fsp3) is 0.611. The molecule has 1 atom stereocenters. The van der Waals surface area contributed by atoms with E-state index in [0.29, 0.717) is 12.1 Å². The third-order valence-corrected chi connectivity index (χ3v) is 4.48. The fourth-order valence-electron chi connectivity index (χ4n) is 3.24. The van der Waals surface area contributed by atoms with Crippen LogP contribution in [0.15, 0.2) is 30.3 Å². The number of likely N-dealkylation sites (N-methyl/N-ethyl adjacent to an activating group) is 1. The van der Waals surface area contributed by atoms with Gasteiger partial charge in [0.1, 0.15) is 6.61 Å². The van der Waals surface area contributed by atoms with Crippen LogP contribution < -0.4 is 5.32 Å². The van der Waals surface area contributed by atoms with Gasteiger partial charge in [0.2, 0.25) is 0 Å². The van der Waals surface area contributed by atoms with Crippen LogP contribution in [0.1, 0.15) is 44.6 Å². The van der Waals surface area contributed by atoms with E-state index in [9.17, 15) is 9.90 Å². The highest BCUT2D eigenvalue weighted by atomic mass is 16.5. The Bertz CT molecular complexity index is 457. The van der Waals surface area contributed by atoms with Crippen LogP contribution in [-0.2, 0) is 15.1 Å². The highest BCUT2D eigenvalue weighted by Crippen LogP contribution is 2.40. The summed E-state index contributed by atoms with van der Waals surface area (Å²) < 4.78 is 5.37. The van der Waals surface area contributed by atoms with E-state index in [-0.39, 0.29) is 12.5 Å². The van der Waals surface area contributed by atoms with Gasteiger partial charge in [0.25, 0.3) is 0 Å². The van der Waals surface area contributed by atoms with E-state index in [1.54, 1.807) is 0 Å². The SMILES string of the molecule is CCNCCOC(=O)[C@@](O)(c1ccccc1)C1CCCCC1. The molecule has 0 unspecified atom stereocenters. The van der Waals surface area contributed by atoms with Crippen molar-refractivity contribution in [1.29, 1.82) is 0 Å². The van der Waals surface area contributed by atoms with Gasteiger partial charge in [-0.05, 0) is 24.9 Å². The van der Waals surface area contributed by atoms with Crippen molar-refractivity contribution in [2.45, 2.75) is 44.6 Å². The van der Waals surface area contributed by atoms with Gasteiger partial charge in [0, 0.05) is 12.5 Å². The lowest BCUT2D eigenvalue weighted by Crippen LogP contribution is -2.45. The van der Waals surface area contributed by atoms with Crippen molar-refractivity contribution in [2.24, 2.45) is 5.92 Å². The maximum Gasteiger partial charge on any atom is 0.343 e. The zero-order valence-electron chi connectivity index (χ0n) is 13.4. The number of hydrogen-bond donors (Lipinski definition) is 2. The molecule has 2 rings (SSSR count). The summed E-state index contributed by atoms with van der Waals surface area (Å²) in [6.45, 7) is 3.74. The van der Waals surface area contributed by atoms with Gasteiger partial charge in [-0.1, -0.05) is 56.5 Å². The first kappa shape index (κ1) is 17.0. The first-order chi connectivity index (χ1) is 10.7. The lowest BCUT2D eigenvalue weighted by molar-refractivity contribution is -0.175. The number of carbonyl (C=O) groups is 1. The van der Waals surface area contributed by atoms with Crippen LogP contribution in [0.3, 0.4) is 0 Å². The maximum atomic E-state index is 12.6. The summed E-state index contributed by atoms with van der Waals surface area (Å²) in [6.07, 6.45) is 5.03. The Balaban J connectivity index is 2.15. The summed E-state index contributed by atoms with van der Waals surface area (Å²) >= 11 is 0. The lowest BCUT2D eigenvalue weighted by atomic mass is 9.73. The molecule has 122 valence electrons. The van der Waals surface area contributed by atoms with Gasteiger partial charge in [-0.15, -0.1) is 0 Å². The largest absolute Gasteiger partial charge is 0.462 e. The van der Waals surface area contributed by atoms with E-state index < -0.39 is 11.6 Å². The number of nitrogens with one attached hydrogen (secondary N) is 1. The minimum absolute atomic E-state index is 0.0599. The van der Waals surface area contributed by atoms with Crippen LogP contribution in [0.25, 0.3) is 0 Å². The second kappa shape index (κ2) is 8.30. The van der Waals surface area contributed by atoms with Crippen LogP contribution in [-0.4, -0.2) is 30.8 Å². The van der Waals surface area contributed by atoms with Crippen molar-refractivity contribution in [2.75, 3.05) is 19.7 Å². The number of carbonyl (C=O) groups excluding carboxylic acids is 1. The molecule has 0 aliphatic heterocycles. The Morgan fingerprint density at radius 2 is 1.95 bits per heavy atom. The van der Waals surface area contributed by atoms with Crippen molar-refractivity contribution >= 4 is 5.97 Å². The van der Waals surface area contributed by atoms with Gasteiger partial charge < -0.3 is 15.2 Å². The van der Waals surface area contributed by atoms with Crippen LogP contribution in [0.5, 0.6) is 0 Å². The summed E-state index contributed by atoms with van der Waals surface area (Å²) in [7, 11) is 0. The number of ether oxygens (including phenoxy) is 1. The van der Waals surface area contributed by atoms with E-state index >= 15 is 0 Å². The first-order valence-corrected chi connectivity index (χ1v) is 8.35. The number of aliphatic hydroxyl groups is 1. The standard InChI is InChI=1S/C18H27NO3/c1-2-19-13-14-22-17(20)18(21,15-9-5-3-6-10-15)16-11-7-4-8-12-16/h3,5-6,9-10,16,19,21H,2,4,7-8,11-14H2,1H3/t18-/m1/s1. The van der Waals surface area contributed by atoms with E-state index in [2.05, 4.69) is 5.32 Å². The van der Waals surface area contributed by atoms with Gasteiger partial charge in [-0.3, -0.25) is 0 Å². The van der Waals surface area contributed by atoms with Crippen molar-refractivity contribution in [3.8, 4) is 0 Å². The van der Waals surface area contributed by atoms with E-state index in [0.717, 1.165) is 32.2 Å². The molecule has 1 fully saturated rings. The summed E-state index contributed by atoms with van der Waals surface area (Å²) in [5.41, 5.74) is -0.871. The minimum Gasteiger partial charge on any atom is -0.462 e. The quantitative estimate of drug-likeness (QED) is 0.600. The summed E-state index contributed by atoms with van der Waals surface area (Å²) in [6, 6.07) is 9.24. The van der Waals surface area contributed by atoms with Crippen molar-refractivity contribution in [1.82, 2.24) is 5.32 Å². The number of esters is 1. The van der Waals surface area contributed by atoms with Crippen molar-refractivity contribution in [3.05, 3.63) is 35.9 Å². The third kappa shape index (κ3) is 3.87. The van der Waals surface area contributed by atoms with E-state index in [1.807, 2.05) is 37.3 Å². The molecule has 1 aliphatic carbocycles. The van der Waals surface area contributed by atoms with Crippen LogP contribution >= 0.6 is 0 Å². The first-order valence-electron chi connectivity index (χ1n) is 8.35. The molecule has 1 saturated carbocycles. The molecular weight excluding hydrogens is 278 g/mol. The topological polar surface area (TPSA) is 58.6 Å². The lowest BCUT2D eigenvalue weighted by Gasteiger charge is -2.36. The zero-order chi connectivity index (χ0) is 15.8. The molecular formula is C18H27NO3. The van der Waals surface area contributed by atoms with Crippen molar-refractivity contribution < 1.29 is 14.6 Å². The molecule has 0 spiro atoms. The average molecular weight is 305 g/mol.